The Kier molecular flexibility index (Phi) is 2.48. The second-order valence-electron chi connectivity index (χ2n) is 6.25. The van der Waals surface area contributed by atoms with Gasteiger partial charge in [0.15, 0.2) is 0 Å². The van der Waals surface area contributed by atoms with Crippen LogP contribution in [0.2, 0.25) is 0 Å². The number of halogens is 3. The summed E-state index contributed by atoms with van der Waals surface area (Å²) in [7, 11) is 0. The predicted molar refractivity (Wildman–Crippen MR) is 55.8 cm³/mol. The van der Waals surface area contributed by atoms with Gasteiger partial charge in [0.2, 0.25) is 0 Å². The van der Waals surface area contributed by atoms with Crippen LogP contribution in [0.25, 0.3) is 0 Å². The first-order valence-corrected chi connectivity index (χ1v) is 6.58. The van der Waals surface area contributed by atoms with Gasteiger partial charge in [0, 0.05) is 6.42 Å². The first kappa shape index (κ1) is 10.9. The summed E-state index contributed by atoms with van der Waals surface area (Å²) < 4.78 is 36.8. The maximum atomic E-state index is 12.3. The van der Waals surface area contributed by atoms with Crippen LogP contribution in [0.5, 0.6) is 0 Å². The molecule has 4 saturated carbocycles. The van der Waals surface area contributed by atoms with Crippen molar-refractivity contribution in [3.05, 3.63) is 0 Å². The molecule has 0 aromatic rings. The van der Waals surface area contributed by atoms with Crippen LogP contribution in [0.4, 0.5) is 13.2 Å². The van der Waals surface area contributed by atoms with Crippen molar-refractivity contribution in [3.8, 4) is 0 Å². The van der Waals surface area contributed by atoms with E-state index < -0.39 is 12.6 Å². The molecule has 0 heterocycles. The fraction of sp³-hybridized carbons (Fsp3) is 1.00. The van der Waals surface area contributed by atoms with Crippen LogP contribution in [0.3, 0.4) is 0 Å². The van der Waals surface area contributed by atoms with E-state index in [4.69, 9.17) is 0 Å². The van der Waals surface area contributed by atoms with E-state index in [9.17, 15) is 13.2 Å². The van der Waals surface area contributed by atoms with Crippen molar-refractivity contribution >= 4 is 0 Å². The highest BCUT2D eigenvalue weighted by atomic mass is 19.4. The minimum absolute atomic E-state index is 0.398. The zero-order valence-corrected chi connectivity index (χ0v) is 9.47. The molecule has 0 saturated heterocycles. The van der Waals surface area contributed by atoms with Gasteiger partial charge in [-0.25, -0.2) is 0 Å². The molecule has 0 aliphatic heterocycles. The molecule has 0 atom stereocenters. The molecule has 4 rings (SSSR count). The van der Waals surface area contributed by atoms with Gasteiger partial charge in [-0.15, -0.1) is 0 Å². The lowest BCUT2D eigenvalue weighted by molar-refractivity contribution is -0.145. The van der Waals surface area contributed by atoms with Crippen LogP contribution in [0, 0.1) is 29.6 Å². The lowest BCUT2D eigenvalue weighted by atomic mass is 9.51. The van der Waals surface area contributed by atoms with Crippen LogP contribution in [0.1, 0.15) is 44.9 Å². The molecule has 0 aromatic carbocycles. The van der Waals surface area contributed by atoms with Crippen molar-refractivity contribution in [1.29, 1.82) is 0 Å². The first-order valence-electron chi connectivity index (χ1n) is 6.58. The molecule has 4 aliphatic carbocycles. The summed E-state index contributed by atoms with van der Waals surface area (Å²) in [5, 5.41) is 0. The van der Waals surface area contributed by atoms with E-state index in [-0.39, 0.29) is 0 Å². The summed E-state index contributed by atoms with van der Waals surface area (Å²) in [6, 6.07) is 0. The van der Waals surface area contributed by atoms with Gasteiger partial charge < -0.3 is 0 Å². The van der Waals surface area contributed by atoms with Crippen LogP contribution in [-0.2, 0) is 0 Å². The summed E-state index contributed by atoms with van der Waals surface area (Å²) in [6.07, 6.45) is 2.20. The Morgan fingerprint density at radius 2 is 1.31 bits per heavy atom. The second-order valence-corrected chi connectivity index (χ2v) is 6.25. The minimum Gasteiger partial charge on any atom is -0.171 e. The molecule has 0 N–H and O–H groups in total. The second kappa shape index (κ2) is 3.64. The molecule has 4 aliphatic rings. The summed E-state index contributed by atoms with van der Waals surface area (Å²) in [6.45, 7) is 0. The molecular formula is C13H19F3. The summed E-state index contributed by atoms with van der Waals surface area (Å²) in [5.41, 5.74) is 0. The number of alkyl halides is 3. The van der Waals surface area contributed by atoms with Crippen molar-refractivity contribution < 1.29 is 13.2 Å². The zero-order chi connectivity index (χ0) is 11.3. The molecule has 4 bridgehead atoms. The van der Waals surface area contributed by atoms with Crippen molar-refractivity contribution in [2.24, 2.45) is 29.6 Å². The molecule has 0 nitrogen and oxygen atoms in total. The van der Waals surface area contributed by atoms with Gasteiger partial charge in [0.1, 0.15) is 0 Å². The zero-order valence-electron chi connectivity index (χ0n) is 9.47. The molecule has 0 aromatic heterocycles. The quantitative estimate of drug-likeness (QED) is 0.662. The number of rotatable bonds is 2. The Bertz CT molecular complexity index is 241. The SMILES string of the molecule is FC(F)(F)CCC1C2CC3CC(C2)CC1C3. The van der Waals surface area contributed by atoms with Gasteiger partial charge in [-0.1, -0.05) is 0 Å². The van der Waals surface area contributed by atoms with Gasteiger partial charge in [0.05, 0.1) is 0 Å². The van der Waals surface area contributed by atoms with Gasteiger partial charge >= 0.3 is 6.18 Å². The third-order valence-corrected chi connectivity index (χ3v) is 5.18. The largest absolute Gasteiger partial charge is 0.389 e. The van der Waals surface area contributed by atoms with Gasteiger partial charge in [-0.3, -0.25) is 0 Å². The van der Waals surface area contributed by atoms with Gasteiger partial charge in [-0.05, 0) is 68.1 Å². The molecule has 4 fully saturated rings. The Labute approximate surface area is 94.6 Å². The molecule has 0 spiro atoms. The molecule has 92 valence electrons. The van der Waals surface area contributed by atoms with Crippen molar-refractivity contribution in [2.75, 3.05) is 0 Å². The Morgan fingerprint density at radius 3 is 1.75 bits per heavy atom. The van der Waals surface area contributed by atoms with Crippen LogP contribution in [0.15, 0.2) is 0 Å². The topological polar surface area (TPSA) is 0 Å². The van der Waals surface area contributed by atoms with E-state index in [2.05, 4.69) is 0 Å². The van der Waals surface area contributed by atoms with E-state index in [1.54, 1.807) is 0 Å². The van der Waals surface area contributed by atoms with Gasteiger partial charge in [0.25, 0.3) is 0 Å². The van der Waals surface area contributed by atoms with Crippen LogP contribution >= 0.6 is 0 Å². The molecule has 16 heavy (non-hydrogen) atoms. The normalized spacial score (nSPS) is 46.3. The van der Waals surface area contributed by atoms with Gasteiger partial charge in [-0.2, -0.15) is 13.2 Å². The van der Waals surface area contributed by atoms with Crippen molar-refractivity contribution in [3.63, 3.8) is 0 Å². The standard InChI is InChI=1S/C13H19F3/c14-13(15,16)2-1-12-10-4-8-3-9(6-10)7-11(12)5-8/h8-12H,1-7H2. The average molecular weight is 232 g/mol. The van der Waals surface area contributed by atoms with Crippen molar-refractivity contribution in [2.45, 2.75) is 51.1 Å². The third kappa shape index (κ3) is 1.98. The molecule has 0 radical (unpaired) electrons. The maximum Gasteiger partial charge on any atom is 0.389 e. The van der Waals surface area contributed by atoms with Crippen LogP contribution in [-0.4, -0.2) is 6.18 Å². The van der Waals surface area contributed by atoms with E-state index in [0.29, 0.717) is 24.2 Å². The summed E-state index contributed by atoms with van der Waals surface area (Å²) >= 11 is 0. The van der Waals surface area contributed by atoms with E-state index >= 15 is 0 Å². The number of hydrogen-bond acceptors (Lipinski definition) is 0. The van der Waals surface area contributed by atoms with E-state index in [1.807, 2.05) is 0 Å². The highest BCUT2D eigenvalue weighted by Crippen LogP contribution is 2.57. The number of hydrogen-bond donors (Lipinski definition) is 0. The van der Waals surface area contributed by atoms with Crippen molar-refractivity contribution in [1.82, 2.24) is 0 Å². The first-order chi connectivity index (χ1) is 7.51. The smallest absolute Gasteiger partial charge is 0.171 e. The monoisotopic (exact) mass is 232 g/mol. The Balaban J connectivity index is 1.64. The fourth-order valence-corrected chi connectivity index (χ4v) is 4.84. The maximum absolute atomic E-state index is 12.3. The Morgan fingerprint density at radius 1 is 0.812 bits per heavy atom. The summed E-state index contributed by atoms with van der Waals surface area (Å²) in [4.78, 5) is 0. The third-order valence-electron chi connectivity index (χ3n) is 5.18. The highest BCUT2D eigenvalue weighted by molar-refractivity contribution is 4.97. The average Bonchev–Trinajstić information content (AvgIpc) is 2.13. The molecular weight excluding hydrogens is 213 g/mol. The lowest BCUT2D eigenvalue weighted by Gasteiger charge is -2.54. The highest BCUT2D eigenvalue weighted by Gasteiger charge is 2.48. The predicted octanol–water partition coefficient (Wildman–Crippen LogP) is 4.40. The fourth-order valence-electron chi connectivity index (χ4n) is 4.84. The van der Waals surface area contributed by atoms with E-state index in [1.165, 1.54) is 32.1 Å². The van der Waals surface area contributed by atoms with E-state index in [0.717, 1.165) is 11.8 Å². The molecule has 0 amide bonds. The molecule has 3 heteroatoms. The minimum atomic E-state index is -3.95. The van der Waals surface area contributed by atoms with Crippen LogP contribution < -0.4 is 0 Å². The Hall–Kier alpha value is -0.210. The molecule has 0 unspecified atom stereocenters. The lowest BCUT2D eigenvalue weighted by Crippen LogP contribution is -2.45. The summed E-state index contributed by atoms with van der Waals surface area (Å²) in [5.74, 6) is 3.40.